The predicted molar refractivity (Wildman–Crippen MR) is 54.1 cm³/mol. The number of urea groups is 1. The van der Waals surface area contributed by atoms with Gasteiger partial charge in [0.15, 0.2) is 0 Å². The minimum atomic E-state index is -4.74. The SMILES string of the molecule is CCNC(=O)Nc1ccc(C(F)(F)F)c(F)c1. The average molecular weight is 250 g/mol. The molecule has 1 aromatic rings. The van der Waals surface area contributed by atoms with Gasteiger partial charge in [0.1, 0.15) is 5.82 Å². The highest BCUT2D eigenvalue weighted by molar-refractivity contribution is 5.89. The molecule has 2 N–H and O–H groups in total. The molecule has 0 saturated heterocycles. The highest BCUT2D eigenvalue weighted by Gasteiger charge is 2.33. The number of hydrogen-bond donors (Lipinski definition) is 2. The number of rotatable bonds is 2. The van der Waals surface area contributed by atoms with E-state index in [9.17, 15) is 22.4 Å². The fourth-order valence-corrected chi connectivity index (χ4v) is 1.16. The van der Waals surface area contributed by atoms with Crippen LogP contribution >= 0.6 is 0 Å². The van der Waals surface area contributed by atoms with Gasteiger partial charge < -0.3 is 10.6 Å². The Bertz CT molecular complexity index is 417. The van der Waals surface area contributed by atoms with Crippen LogP contribution in [0.2, 0.25) is 0 Å². The minimum absolute atomic E-state index is 0.0403. The summed E-state index contributed by atoms with van der Waals surface area (Å²) >= 11 is 0. The molecule has 0 unspecified atom stereocenters. The monoisotopic (exact) mass is 250 g/mol. The third kappa shape index (κ3) is 3.61. The summed E-state index contributed by atoms with van der Waals surface area (Å²) in [5, 5.41) is 4.57. The second-order valence-electron chi connectivity index (χ2n) is 3.18. The lowest BCUT2D eigenvalue weighted by Crippen LogP contribution is -2.28. The van der Waals surface area contributed by atoms with E-state index in [2.05, 4.69) is 10.6 Å². The molecule has 17 heavy (non-hydrogen) atoms. The summed E-state index contributed by atoms with van der Waals surface area (Å²) < 4.78 is 49.8. The zero-order valence-electron chi connectivity index (χ0n) is 8.86. The van der Waals surface area contributed by atoms with Crippen LogP contribution in [0.15, 0.2) is 18.2 Å². The van der Waals surface area contributed by atoms with Crippen molar-refractivity contribution < 1.29 is 22.4 Å². The van der Waals surface area contributed by atoms with Crippen LogP contribution < -0.4 is 10.6 Å². The van der Waals surface area contributed by atoms with Gasteiger partial charge in [0.2, 0.25) is 0 Å². The zero-order chi connectivity index (χ0) is 13.1. The lowest BCUT2D eigenvalue weighted by molar-refractivity contribution is -0.139. The second kappa shape index (κ2) is 5.03. The molecule has 0 saturated carbocycles. The zero-order valence-corrected chi connectivity index (χ0v) is 8.86. The first kappa shape index (κ1) is 13.3. The molecule has 0 atom stereocenters. The molecular weight excluding hydrogens is 240 g/mol. The Labute approximate surface area is 94.8 Å². The Hall–Kier alpha value is -1.79. The molecule has 2 amide bonds. The second-order valence-corrected chi connectivity index (χ2v) is 3.18. The first-order valence-electron chi connectivity index (χ1n) is 4.76. The van der Waals surface area contributed by atoms with Crippen molar-refractivity contribution >= 4 is 11.7 Å². The van der Waals surface area contributed by atoms with Gasteiger partial charge in [0.05, 0.1) is 5.56 Å². The topological polar surface area (TPSA) is 41.1 Å². The van der Waals surface area contributed by atoms with Crippen LogP contribution in [0.5, 0.6) is 0 Å². The molecule has 7 heteroatoms. The van der Waals surface area contributed by atoms with E-state index in [0.29, 0.717) is 18.7 Å². The summed E-state index contributed by atoms with van der Waals surface area (Å²) in [5.41, 5.74) is -1.40. The molecule has 0 bridgehead atoms. The van der Waals surface area contributed by atoms with Crippen molar-refractivity contribution in [1.82, 2.24) is 5.32 Å². The Morgan fingerprint density at radius 3 is 2.47 bits per heavy atom. The fourth-order valence-electron chi connectivity index (χ4n) is 1.16. The molecular formula is C10H10F4N2O. The van der Waals surface area contributed by atoms with E-state index in [1.54, 1.807) is 6.92 Å². The summed E-state index contributed by atoms with van der Waals surface area (Å²) in [6.45, 7) is 2.03. The molecule has 0 heterocycles. The number of alkyl halides is 3. The van der Waals surface area contributed by atoms with Crippen LogP contribution in [0.3, 0.4) is 0 Å². The van der Waals surface area contributed by atoms with Crippen LogP contribution in [-0.2, 0) is 6.18 Å². The molecule has 0 aliphatic carbocycles. The summed E-state index contributed by atoms with van der Waals surface area (Å²) in [5.74, 6) is -1.42. The first-order valence-corrected chi connectivity index (χ1v) is 4.76. The van der Waals surface area contributed by atoms with Crippen LogP contribution in [0, 0.1) is 5.82 Å². The molecule has 94 valence electrons. The number of carbonyl (C=O) groups excluding carboxylic acids is 1. The number of carbonyl (C=O) groups is 1. The van der Waals surface area contributed by atoms with E-state index < -0.39 is 23.6 Å². The first-order chi connectivity index (χ1) is 7.84. The van der Waals surface area contributed by atoms with Gasteiger partial charge in [-0.1, -0.05) is 0 Å². The Kier molecular flexibility index (Phi) is 3.93. The van der Waals surface area contributed by atoms with Crippen molar-refractivity contribution in [2.75, 3.05) is 11.9 Å². The number of amides is 2. The standard InChI is InChI=1S/C10H10F4N2O/c1-2-15-9(17)16-6-3-4-7(8(11)5-6)10(12,13)14/h3-5H,2H2,1H3,(H2,15,16,17). The molecule has 0 aliphatic rings. The third-order valence-corrected chi connectivity index (χ3v) is 1.87. The van der Waals surface area contributed by atoms with E-state index in [-0.39, 0.29) is 5.69 Å². The van der Waals surface area contributed by atoms with Crippen molar-refractivity contribution in [3.63, 3.8) is 0 Å². The highest BCUT2D eigenvalue weighted by Crippen LogP contribution is 2.32. The van der Waals surface area contributed by atoms with E-state index in [0.717, 1.165) is 6.07 Å². The summed E-state index contributed by atoms with van der Waals surface area (Å²) in [7, 11) is 0. The maximum atomic E-state index is 13.1. The molecule has 1 aromatic carbocycles. The number of halogens is 4. The van der Waals surface area contributed by atoms with E-state index >= 15 is 0 Å². The Morgan fingerprint density at radius 2 is 2.00 bits per heavy atom. The van der Waals surface area contributed by atoms with Crippen LogP contribution in [0.25, 0.3) is 0 Å². The van der Waals surface area contributed by atoms with Gasteiger partial charge >= 0.3 is 12.2 Å². The molecule has 0 spiro atoms. The lowest BCUT2D eigenvalue weighted by atomic mass is 10.2. The molecule has 3 nitrogen and oxygen atoms in total. The van der Waals surface area contributed by atoms with Gasteiger partial charge in [0.25, 0.3) is 0 Å². The molecule has 0 fully saturated rings. The Balaban J connectivity index is 2.86. The predicted octanol–water partition coefficient (Wildman–Crippen LogP) is 2.99. The van der Waals surface area contributed by atoms with Crippen molar-refractivity contribution in [1.29, 1.82) is 0 Å². The normalized spacial score (nSPS) is 11.1. The fraction of sp³-hybridized carbons (Fsp3) is 0.300. The number of anilines is 1. The molecule has 1 rings (SSSR count). The molecule has 0 aromatic heterocycles. The molecule has 0 aliphatic heterocycles. The quantitative estimate of drug-likeness (QED) is 0.778. The summed E-state index contributed by atoms with van der Waals surface area (Å²) in [4.78, 5) is 11.0. The molecule has 0 radical (unpaired) electrons. The van der Waals surface area contributed by atoms with Crippen molar-refractivity contribution in [2.24, 2.45) is 0 Å². The van der Waals surface area contributed by atoms with Crippen LogP contribution in [0.1, 0.15) is 12.5 Å². The van der Waals surface area contributed by atoms with Crippen LogP contribution in [0.4, 0.5) is 28.0 Å². The van der Waals surface area contributed by atoms with Gasteiger partial charge in [0, 0.05) is 12.2 Å². The van der Waals surface area contributed by atoms with Gasteiger partial charge in [-0.05, 0) is 25.1 Å². The Morgan fingerprint density at radius 1 is 1.35 bits per heavy atom. The number of hydrogen-bond acceptors (Lipinski definition) is 1. The average Bonchev–Trinajstić information content (AvgIpc) is 2.15. The van der Waals surface area contributed by atoms with Gasteiger partial charge in [-0.25, -0.2) is 9.18 Å². The number of nitrogens with one attached hydrogen (secondary N) is 2. The minimum Gasteiger partial charge on any atom is -0.338 e. The smallest absolute Gasteiger partial charge is 0.338 e. The summed E-state index contributed by atoms with van der Waals surface area (Å²) in [6.07, 6.45) is -4.74. The lowest BCUT2D eigenvalue weighted by Gasteiger charge is -2.10. The van der Waals surface area contributed by atoms with E-state index in [1.165, 1.54) is 0 Å². The van der Waals surface area contributed by atoms with E-state index in [4.69, 9.17) is 0 Å². The largest absolute Gasteiger partial charge is 0.419 e. The van der Waals surface area contributed by atoms with Crippen molar-refractivity contribution in [3.8, 4) is 0 Å². The van der Waals surface area contributed by atoms with Crippen molar-refractivity contribution in [2.45, 2.75) is 13.1 Å². The highest BCUT2D eigenvalue weighted by atomic mass is 19.4. The van der Waals surface area contributed by atoms with Gasteiger partial charge in [-0.2, -0.15) is 13.2 Å². The third-order valence-electron chi connectivity index (χ3n) is 1.87. The van der Waals surface area contributed by atoms with Crippen molar-refractivity contribution in [3.05, 3.63) is 29.6 Å². The van der Waals surface area contributed by atoms with E-state index in [1.807, 2.05) is 0 Å². The maximum absolute atomic E-state index is 13.1. The number of benzene rings is 1. The summed E-state index contributed by atoms with van der Waals surface area (Å²) in [6, 6.07) is 1.59. The maximum Gasteiger partial charge on any atom is 0.419 e. The van der Waals surface area contributed by atoms with Gasteiger partial charge in [-0.15, -0.1) is 0 Å². The van der Waals surface area contributed by atoms with Crippen LogP contribution in [-0.4, -0.2) is 12.6 Å². The van der Waals surface area contributed by atoms with Gasteiger partial charge in [-0.3, -0.25) is 0 Å².